The Hall–Kier alpha value is -1.08. The molecule has 0 unspecified atom stereocenters. The van der Waals surface area contributed by atoms with Crippen LogP contribution in [0.25, 0.3) is 0 Å². The van der Waals surface area contributed by atoms with Crippen molar-refractivity contribution in [2.75, 3.05) is 7.11 Å². The average Bonchev–Trinajstić information content (AvgIpc) is 2.11. The second-order valence-corrected chi connectivity index (χ2v) is 3.27. The van der Waals surface area contributed by atoms with Crippen LogP contribution in [0.1, 0.15) is 5.56 Å². The molecule has 0 N–H and O–H groups in total. The Balaban J connectivity index is 3.14. The van der Waals surface area contributed by atoms with Gasteiger partial charge in [0.2, 0.25) is 0 Å². The minimum atomic E-state index is -0.415. The number of rotatable bonds is 2. The molecule has 0 saturated carbocycles. The van der Waals surface area contributed by atoms with Crippen molar-refractivity contribution in [2.24, 2.45) is 0 Å². The van der Waals surface area contributed by atoms with Crippen molar-refractivity contribution in [2.45, 2.75) is 6.42 Å². The van der Waals surface area contributed by atoms with E-state index >= 15 is 0 Å². The number of hydrogen-bond donors (Lipinski definition) is 0. The number of benzene rings is 1. The lowest BCUT2D eigenvalue weighted by atomic mass is 10.1. The predicted molar refractivity (Wildman–Crippen MR) is 50.0 cm³/mol. The van der Waals surface area contributed by atoms with Crippen molar-refractivity contribution in [1.82, 2.24) is 0 Å². The second-order valence-electron chi connectivity index (χ2n) is 2.41. The van der Waals surface area contributed by atoms with E-state index in [-0.39, 0.29) is 6.42 Å². The molecule has 0 bridgehead atoms. The van der Waals surface area contributed by atoms with Gasteiger partial charge in [-0.15, -0.1) is 0 Å². The zero-order valence-corrected chi connectivity index (χ0v) is 8.56. The molecule has 0 aliphatic carbocycles. The van der Waals surface area contributed by atoms with Crippen LogP contribution in [0.15, 0.2) is 16.6 Å². The third-order valence-corrected chi connectivity index (χ3v) is 2.21. The quantitative estimate of drug-likeness (QED) is 0.801. The Kier molecular flexibility index (Phi) is 3.26. The van der Waals surface area contributed by atoms with Gasteiger partial charge in [0.15, 0.2) is 0 Å². The van der Waals surface area contributed by atoms with Crippen LogP contribution in [0.5, 0.6) is 5.75 Å². The van der Waals surface area contributed by atoms with Gasteiger partial charge in [-0.3, -0.25) is 0 Å². The highest BCUT2D eigenvalue weighted by Gasteiger charge is 2.07. The Bertz CT molecular complexity index is 359. The Morgan fingerprint density at radius 1 is 1.62 bits per heavy atom. The fourth-order valence-corrected chi connectivity index (χ4v) is 1.50. The first kappa shape index (κ1) is 10.0. The second kappa shape index (κ2) is 4.24. The topological polar surface area (TPSA) is 33.0 Å². The Labute approximate surface area is 84.1 Å². The summed E-state index contributed by atoms with van der Waals surface area (Å²) in [4.78, 5) is 0. The molecule has 0 heterocycles. The zero-order chi connectivity index (χ0) is 9.84. The van der Waals surface area contributed by atoms with Crippen LogP contribution in [0, 0.1) is 17.1 Å². The number of nitrogens with zero attached hydrogens (tertiary/aromatic N) is 1. The van der Waals surface area contributed by atoms with Crippen LogP contribution < -0.4 is 4.74 Å². The summed E-state index contributed by atoms with van der Waals surface area (Å²) in [6.07, 6.45) is 0.0639. The van der Waals surface area contributed by atoms with Crippen molar-refractivity contribution in [3.63, 3.8) is 0 Å². The maximum atomic E-state index is 13.2. The summed E-state index contributed by atoms with van der Waals surface area (Å²) in [7, 11) is 1.46. The van der Waals surface area contributed by atoms with E-state index in [0.717, 1.165) is 0 Å². The maximum absolute atomic E-state index is 13.2. The molecular formula is C9H7BrFNO. The Morgan fingerprint density at radius 3 is 2.85 bits per heavy atom. The third kappa shape index (κ3) is 2.19. The fraction of sp³-hybridized carbons (Fsp3) is 0.222. The summed E-state index contributed by atoms with van der Waals surface area (Å²) in [5, 5.41) is 8.40. The van der Waals surface area contributed by atoms with Gasteiger partial charge in [-0.2, -0.15) is 5.26 Å². The molecule has 2 nitrogen and oxygen atoms in total. The van der Waals surface area contributed by atoms with Crippen LogP contribution in [0.4, 0.5) is 4.39 Å². The largest absolute Gasteiger partial charge is 0.495 e. The van der Waals surface area contributed by atoms with Crippen LogP contribution in [0.3, 0.4) is 0 Å². The van der Waals surface area contributed by atoms with Crippen LogP contribution in [-0.2, 0) is 6.42 Å². The first-order valence-electron chi connectivity index (χ1n) is 3.58. The molecule has 1 rings (SSSR count). The molecule has 0 aliphatic rings. The van der Waals surface area contributed by atoms with Crippen molar-refractivity contribution in [1.29, 1.82) is 5.26 Å². The third-order valence-electron chi connectivity index (χ3n) is 1.59. The predicted octanol–water partition coefficient (Wildman–Crippen LogP) is 2.66. The summed E-state index contributed by atoms with van der Waals surface area (Å²) in [5.41, 5.74) is 0.371. The smallest absolute Gasteiger partial charge is 0.135 e. The lowest BCUT2D eigenvalue weighted by Gasteiger charge is -2.05. The Morgan fingerprint density at radius 2 is 2.31 bits per heavy atom. The maximum Gasteiger partial charge on any atom is 0.135 e. The van der Waals surface area contributed by atoms with Gasteiger partial charge in [-0.05, 0) is 22.0 Å². The van der Waals surface area contributed by atoms with Gasteiger partial charge in [0.25, 0.3) is 0 Å². The highest BCUT2D eigenvalue weighted by molar-refractivity contribution is 9.10. The van der Waals surface area contributed by atoms with E-state index in [1.165, 1.54) is 13.2 Å². The number of hydrogen-bond acceptors (Lipinski definition) is 2. The molecule has 0 radical (unpaired) electrons. The van der Waals surface area contributed by atoms with Gasteiger partial charge in [-0.1, -0.05) is 0 Å². The lowest BCUT2D eigenvalue weighted by molar-refractivity contribution is 0.408. The van der Waals surface area contributed by atoms with Crippen molar-refractivity contribution in [3.05, 3.63) is 28.0 Å². The van der Waals surface area contributed by atoms with Crippen LogP contribution in [0.2, 0.25) is 0 Å². The molecule has 1 aromatic carbocycles. The number of methoxy groups -OCH3 is 1. The molecule has 0 aromatic heterocycles. The number of halogens is 2. The molecule has 0 atom stereocenters. The SMILES string of the molecule is COc1cc(F)c(CC#N)cc1Br. The molecule has 13 heavy (non-hydrogen) atoms. The van der Waals surface area contributed by atoms with E-state index < -0.39 is 5.82 Å². The van der Waals surface area contributed by atoms with Gasteiger partial charge in [0.05, 0.1) is 24.1 Å². The number of nitriles is 1. The molecular weight excluding hydrogens is 237 g/mol. The molecule has 4 heteroatoms. The van der Waals surface area contributed by atoms with E-state index in [1.807, 2.05) is 6.07 Å². The first-order chi connectivity index (χ1) is 6.19. The summed E-state index contributed by atoms with van der Waals surface area (Å²) in [6, 6.07) is 4.70. The zero-order valence-electron chi connectivity index (χ0n) is 6.97. The van der Waals surface area contributed by atoms with Gasteiger partial charge < -0.3 is 4.74 Å². The van der Waals surface area contributed by atoms with Crippen LogP contribution in [-0.4, -0.2) is 7.11 Å². The highest BCUT2D eigenvalue weighted by atomic mass is 79.9. The van der Waals surface area contributed by atoms with E-state index in [1.54, 1.807) is 6.07 Å². The van der Waals surface area contributed by atoms with E-state index in [9.17, 15) is 4.39 Å². The average molecular weight is 244 g/mol. The van der Waals surface area contributed by atoms with Gasteiger partial charge in [0.1, 0.15) is 11.6 Å². The fourth-order valence-electron chi connectivity index (χ4n) is 0.947. The van der Waals surface area contributed by atoms with Crippen LogP contribution >= 0.6 is 15.9 Å². The normalized spacial score (nSPS) is 9.38. The summed E-state index contributed by atoms with van der Waals surface area (Å²) < 4.78 is 18.7. The van der Waals surface area contributed by atoms with Gasteiger partial charge >= 0.3 is 0 Å². The summed E-state index contributed by atoms with van der Waals surface area (Å²) in [6.45, 7) is 0. The van der Waals surface area contributed by atoms with Gasteiger partial charge in [0, 0.05) is 11.6 Å². The molecule has 0 amide bonds. The summed E-state index contributed by atoms with van der Waals surface area (Å²) >= 11 is 3.21. The van der Waals surface area contributed by atoms with Crippen molar-refractivity contribution in [3.8, 4) is 11.8 Å². The molecule has 1 aromatic rings. The van der Waals surface area contributed by atoms with Gasteiger partial charge in [-0.25, -0.2) is 4.39 Å². The number of ether oxygens (including phenoxy) is 1. The van der Waals surface area contributed by atoms with Crippen molar-refractivity contribution < 1.29 is 9.13 Å². The monoisotopic (exact) mass is 243 g/mol. The highest BCUT2D eigenvalue weighted by Crippen LogP contribution is 2.27. The lowest BCUT2D eigenvalue weighted by Crippen LogP contribution is -1.92. The first-order valence-corrected chi connectivity index (χ1v) is 4.37. The van der Waals surface area contributed by atoms with E-state index in [0.29, 0.717) is 15.8 Å². The standard InChI is InChI=1S/C9H7BrFNO/c1-13-9-5-8(11)6(2-3-12)4-7(9)10/h4-5H,2H2,1H3. The minimum Gasteiger partial charge on any atom is -0.495 e. The van der Waals surface area contributed by atoms with Crippen molar-refractivity contribution >= 4 is 15.9 Å². The van der Waals surface area contributed by atoms with E-state index in [2.05, 4.69) is 15.9 Å². The molecule has 0 spiro atoms. The molecule has 0 saturated heterocycles. The van der Waals surface area contributed by atoms with E-state index in [4.69, 9.17) is 10.00 Å². The summed E-state index contributed by atoms with van der Waals surface area (Å²) in [5.74, 6) is 0.0146. The molecule has 68 valence electrons. The molecule has 0 aliphatic heterocycles. The minimum absolute atomic E-state index is 0.0639. The molecule has 0 fully saturated rings.